The van der Waals surface area contributed by atoms with Crippen LogP contribution in [0.1, 0.15) is 5.56 Å². The number of rotatable bonds is 2. The van der Waals surface area contributed by atoms with Gasteiger partial charge in [0.05, 0.1) is 0 Å². The van der Waals surface area contributed by atoms with E-state index in [4.69, 9.17) is 17.3 Å². The number of halogens is 1. The SMILES string of the molecule is CN(Cc1cccc(Cl)c1)C(N)=O. The minimum absolute atomic E-state index is 0.444. The van der Waals surface area contributed by atoms with Crippen LogP contribution in [0.3, 0.4) is 0 Å². The number of hydrogen-bond donors (Lipinski definition) is 1. The zero-order valence-corrected chi connectivity index (χ0v) is 8.08. The lowest BCUT2D eigenvalue weighted by molar-refractivity contribution is 0.216. The topological polar surface area (TPSA) is 46.3 Å². The lowest BCUT2D eigenvalue weighted by Gasteiger charge is -2.13. The Morgan fingerprint density at radius 2 is 2.31 bits per heavy atom. The fourth-order valence-electron chi connectivity index (χ4n) is 0.987. The van der Waals surface area contributed by atoms with Crippen LogP contribution >= 0.6 is 11.6 Å². The molecule has 0 aliphatic carbocycles. The van der Waals surface area contributed by atoms with Crippen molar-refractivity contribution in [3.8, 4) is 0 Å². The predicted molar refractivity (Wildman–Crippen MR) is 52.5 cm³/mol. The molecule has 0 atom stereocenters. The van der Waals surface area contributed by atoms with Gasteiger partial charge in [-0.25, -0.2) is 4.79 Å². The first-order valence-electron chi connectivity index (χ1n) is 3.84. The highest BCUT2D eigenvalue weighted by Gasteiger charge is 2.03. The maximum atomic E-state index is 10.7. The minimum atomic E-state index is -0.444. The second-order valence-corrected chi connectivity index (χ2v) is 3.26. The standard InChI is InChI=1S/C9H11ClN2O/c1-12(9(11)13)6-7-3-2-4-8(10)5-7/h2-5H,6H2,1H3,(H2,11,13). The molecule has 0 radical (unpaired) electrons. The van der Waals surface area contributed by atoms with E-state index in [0.717, 1.165) is 5.56 Å². The number of primary amides is 1. The second kappa shape index (κ2) is 4.14. The van der Waals surface area contributed by atoms with Crippen molar-refractivity contribution in [3.05, 3.63) is 34.9 Å². The van der Waals surface area contributed by atoms with Crippen molar-refractivity contribution in [2.24, 2.45) is 5.73 Å². The van der Waals surface area contributed by atoms with E-state index in [-0.39, 0.29) is 0 Å². The summed E-state index contributed by atoms with van der Waals surface area (Å²) in [5, 5.41) is 0.662. The lowest BCUT2D eigenvalue weighted by Crippen LogP contribution is -2.31. The number of amides is 2. The van der Waals surface area contributed by atoms with Gasteiger partial charge in [0.25, 0.3) is 0 Å². The molecule has 0 aromatic heterocycles. The summed E-state index contributed by atoms with van der Waals surface area (Å²) in [6.07, 6.45) is 0. The molecule has 0 bridgehead atoms. The van der Waals surface area contributed by atoms with Crippen molar-refractivity contribution in [1.82, 2.24) is 4.90 Å². The predicted octanol–water partition coefficient (Wildman–Crippen LogP) is 1.85. The van der Waals surface area contributed by atoms with Gasteiger partial charge in [0.1, 0.15) is 0 Å². The smallest absolute Gasteiger partial charge is 0.314 e. The van der Waals surface area contributed by atoms with E-state index < -0.39 is 6.03 Å². The number of benzene rings is 1. The van der Waals surface area contributed by atoms with E-state index in [2.05, 4.69) is 0 Å². The second-order valence-electron chi connectivity index (χ2n) is 2.82. The summed E-state index contributed by atoms with van der Waals surface area (Å²) in [7, 11) is 1.64. The molecule has 2 amide bonds. The third-order valence-corrected chi connectivity index (χ3v) is 1.92. The molecule has 0 unspecified atom stereocenters. The molecular formula is C9H11ClN2O. The van der Waals surface area contributed by atoms with E-state index in [1.54, 1.807) is 19.2 Å². The van der Waals surface area contributed by atoms with Crippen LogP contribution in [0.4, 0.5) is 4.79 Å². The number of carbonyl (C=O) groups excluding carboxylic acids is 1. The first kappa shape index (κ1) is 9.86. The van der Waals surface area contributed by atoms with Gasteiger partial charge < -0.3 is 10.6 Å². The lowest BCUT2D eigenvalue weighted by atomic mass is 10.2. The molecule has 0 aliphatic rings. The molecule has 1 aromatic carbocycles. The fourth-order valence-corrected chi connectivity index (χ4v) is 1.20. The van der Waals surface area contributed by atoms with E-state index in [0.29, 0.717) is 11.6 Å². The summed E-state index contributed by atoms with van der Waals surface area (Å²) in [5.74, 6) is 0. The molecule has 0 aliphatic heterocycles. The Hall–Kier alpha value is -1.22. The number of hydrogen-bond acceptors (Lipinski definition) is 1. The third-order valence-electron chi connectivity index (χ3n) is 1.68. The fraction of sp³-hybridized carbons (Fsp3) is 0.222. The van der Waals surface area contributed by atoms with Gasteiger partial charge in [0, 0.05) is 18.6 Å². The van der Waals surface area contributed by atoms with Crippen molar-refractivity contribution in [2.45, 2.75) is 6.54 Å². The van der Waals surface area contributed by atoms with Crippen molar-refractivity contribution in [3.63, 3.8) is 0 Å². The molecule has 0 saturated heterocycles. The van der Waals surface area contributed by atoms with Gasteiger partial charge in [-0.15, -0.1) is 0 Å². The van der Waals surface area contributed by atoms with Crippen molar-refractivity contribution >= 4 is 17.6 Å². The van der Waals surface area contributed by atoms with Gasteiger partial charge in [-0.3, -0.25) is 0 Å². The van der Waals surface area contributed by atoms with Gasteiger partial charge in [0.15, 0.2) is 0 Å². The summed E-state index contributed by atoms with van der Waals surface area (Å²) < 4.78 is 0. The zero-order chi connectivity index (χ0) is 9.84. The summed E-state index contributed by atoms with van der Waals surface area (Å²) in [5.41, 5.74) is 6.04. The van der Waals surface area contributed by atoms with Crippen LogP contribution in [0, 0.1) is 0 Å². The largest absolute Gasteiger partial charge is 0.351 e. The van der Waals surface area contributed by atoms with Crippen LogP contribution in [-0.2, 0) is 6.54 Å². The van der Waals surface area contributed by atoms with Crippen LogP contribution in [0.5, 0.6) is 0 Å². The molecule has 3 nitrogen and oxygen atoms in total. The number of nitrogens with two attached hydrogens (primary N) is 1. The highest BCUT2D eigenvalue weighted by atomic mass is 35.5. The van der Waals surface area contributed by atoms with Crippen LogP contribution in [-0.4, -0.2) is 18.0 Å². The third kappa shape index (κ3) is 2.95. The molecule has 70 valence electrons. The molecule has 0 heterocycles. The van der Waals surface area contributed by atoms with Crippen molar-refractivity contribution in [1.29, 1.82) is 0 Å². The summed E-state index contributed by atoms with van der Waals surface area (Å²) in [6, 6.07) is 6.88. The Kier molecular flexibility index (Phi) is 3.14. The first-order chi connectivity index (χ1) is 6.09. The maximum Gasteiger partial charge on any atom is 0.314 e. The molecule has 4 heteroatoms. The highest BCUT2D eigenvalue weighted by molar-refractivity contribution is 6.30. The molecule has 0 spiro atoms. The monoisotopic (exact) mass is 198 g/mol. The molecule has 2 N–H and O–H groups in total. The van der Waals surface area contributed by atoms with Gasteiger partial charge in [0.2, 0.25) is 0 Å². The molecule has 13 heavy (non-hydrogen) atoms. The van der Waals surface area contributed by atoms with Crippen LogP contribution in [0.25, 0.3) is 0 Å². The molecule has 0 saturated carbocycles. The highest BCUT2D eigenvalue weighted by Crippen LogP contribution is 2.11. The zero-order valence-electron chi connectivity index (χ0n) is 7.33. The first-order valence-corrected chi connectivity index (χ1v) is 4.22. The van der Waals surface area contributed by atoms with E-state index in [1.807, 2.05) is 12.1 Å². The van der Waals surface area contributed by atoms with Crippen LogP contribution in [0.2, 0.25) is 5.02 Å². The Bertz CT molecular complexity index is 314. The van der Waals surface area contributed by atoms with Gasteiger partial charge in [-0.1, -0.05) is 23.7 Å². The van der Waals surface area contributed by atoms with Gasteiger partial charge in [-0.2, -0.15) is 0 Å². The average Bonchev–Trinajstić information content (AvgIpc) is 2.04. The van der Waals surface area contributed by atoms with E-state index in [1.165, 1.54) is 4.90 Å². The van der Waals surface area contributed by atoms with Crippen molar-refractivity contribution in [2.75, 3.05) is 7.05 Å². The van der Waals surface area contributed by atoms with E-state index >= 15 is 0 Å². The minimum Gasteiger partial charge on any atom is -0.351 e. The van der Waals surface area contributed by atoms with E-state index in [9.17, 15) is 4.79 Å². The summed E-state index contributed by atoms with van der Waals surface area (Å²) in [6.45, 7) is 0.482. The Morgan fingerprint density at radius 3 is 2.85 bits per heavy atom. The molecule has 0 fully saturated rings. The number of nitrogens with zero attached hydrogens (tertiary/aromatic N) is 1. The van der Waals surface area contributed by atoms with Gasteiger partial charge in [-0.05, 0) is 17.7 Å². The Morgan fingerprint density at radius 1 is 1.62 bits per heavy atom. The Balaban J connectivity index is 2.69. The molecule has 1 aromatic rings. The maximum absolute atomic E-state index is 10.7. The Labute approximate surface area is 82.1 Å². The van der Waals surface area contributed by atoms with Gasteiger partial charge >= 0.3 is 6.03 Å². The van der Waals surface area contributed by atoms with Crippen LogP contribution < -0.4 is 5.73 Å². The summed E-state index contributed by atoms with van der Waals surface area (Å²) >= 11 is 5.77. The summed E-state index contributed by atoms with van der Waals surface area (Å²) in [4.78, 5) is 12.1. The number of carbonyl (C=O) groups is 1. The normalized spacial score (nSPS) is 9.69. The average molecular weight is 199 g/mol. The molecule has 1 rings (SSSR count). The quantitative estimate of drug-likeness (QED) is 0.775. The molecular weight excluding hydrogens is 188 g/mol. The van der Waals surface area contributed by atoms with Crippen LogP contribution in [0.15, 0.2) is 24.3 Å². The van der Waals surface area contributed by atoms with Crippen molar-refractivity contribution < 1.29 is 4.79 Å². The number of urea groups is 1.